The molecule has 1 aromatic rings. The van der Waals surface area contributed by atoms with Gasteiger partial charge in [0, 0.05) is 23.2 Å². The van der Waals surface area contributed by atoms with Gasteiger partial charge in [-0.25, -0.2) is 4.79 Å². The predicted molar refractivity (Wildman–Crippen MR) is 128 cm³/mol. The molecule has 0 aromatic heterocycles. The summed E-state index contributed by atoms with van der Waals surface area (Å²) in [4.78, 5) is 52.5. The lowest BCUT2D eigenvalue weighted by Crippen LogP contribution is -2.62. The molecule has 0 unspecified atom stereocenters. The van der Waals surface area contributed by atoms with Crippen molar-refractivity contribution < 1.29 is 29.0 Å². The fourth-order valence-electron chi connectivity index (χ4n) is 7.62. The molecular weight excluding hydrogens is 444 g/mol. The van der Waals surface area contributed by atoms with Crippen LogP contribution in [0.3, 0.4) is 0 Å². The molecule has 0 spiro atoms. The summed E-state index contributed by atoms with van der Waals surface area (Å²) in [6, 6.07) is 8.39. The van der Waals surface area contributed by atoms with Crippen LogP contribution in [0.25, 0.3) is 0 Å². The third-order valence-corrected chi connectivity index (χ3v) is 9.21. The predicted octanol–water partition coefficient (Wildman–Crippen LogP) is 3.80. The van der Waals surface area contributed by atoms with E-state index in [1.165, 1.54) is 0 Å². The van der Waals surface area contributed by atoms with E-state index in [4.69, 9.17) is 4.74 Å². The van der Waals surface area contributed by atoms with E-state index in [2.05, 4.69) is 6.58 Å². The quantitative estimate of drug-likeness (QED) is 0.527. The van der Waals surface area contributed by atoms with Gasteiger partial charge in [0.15, 0.2) is 11.4 Å². The van der Waals surface area contributed by atoms with E-state index in [0.717, 1.165) is 5.57 Å². The first kappa shape index (κ1) is 23.6. The molecule has 0 bridgehead atoms. The number of Topliss-reactive ketones (excluding diaryl/α,β-unsaturated/α-hetero) is 2. The summed E-state index contributed by atoms with van der Waals surface area (Å²) >= 11 is 0. The number of hydrogen-bond donors (Lipinski definition) is 1. The maximum absolute atomic E-state index is 13.9. The lowest BCUT2D eigenvalue weighted by Gasteiger charge is -2.56. The van der Waals surface area contributed by atoms with Crippen molar-refractivity contribution in [3.8, 4) is 0 Å². The van der Waals surface area contributed by atoms with Gasteiger partial charge < -0.3 is 9.84 Å². The summed E-state index contributed by atoms with van der Waals surface area (Å²) in [7, 11) is 0. The molecule has 6 atom stereocenters. The van der Waals surface area contributed by atoms with Gasteiger partial charge in [0.2, 0.25) is 5.78 Å². The number of esters is 1. The van der Waals surface area contributed by atoms with E-state index in [1.54, 1.807) is 42.5 Å². The zero-order valence-electron chi connectivity index (χ0n) is 20.1. The highest BCUT2D eigenvalue weighted by molar-refractivity contribution is 6.02. The second kappa shape index (κ2) is 7.95. The maximum Gasteiger partial charge on any atom is 0.339 e. The van der Waals surface area contributed by atoms with Crippen molar-refractivity contribution >= 4 is 23.3 Å². The van der Waals surface area contributed by atoms with Crippen molar-refractivity contribution in [2.45, 2.75) is 45.1 Å². The first-order chi connectivity index (χ1) is 16.6. The van der Waals surface area contributed by atoms with Gasteiger partial charge in [-0.15, -0.1) is 0 Å². The summed E-state index contributed by atoms with van der Waals surface area (Å²) in [6.45, 7) is 7.21. The zero-order valence-corrected chi connectivity index (χ0v) is 20.1. The van der Waals surface area contributed by atoms with E-state index in [9.17, 15) is 24.3 Å². The molecule has 1 N–H and O–H groups in total. The topological polar surface area (TPSA) is 97.7 Å². The first-order valence-electron chi connectivity index (χ1n) is 12.2. The number of carbonyl (C=O) groups excluding carboxylic acids is 4. The number of aliphatic hydroxyl groups is 1. The van der Waals surface area contributed by atoms with Gasteiger partial charge in [0.25, 0.3) is 0 Å². The van der Waals surface area contributed by atoms with Gasteiger partial charge >= 0.3 is 5.97 Å². The molecule has 35 heavy (non-hydrogen) atoms. The number of rotatable bonds is 4. The molecule has 4 aliphatic carbocycles. The van der Waals surface area contributed by atoms with Crippen LogP contribution in [0.5, 0.6) is 0 Å². The first-order valence-corrected chi connectivity index (χ1v) is 12.2. The molecule has 3 saturated carbocycles. The molecular formula is C29H30O6. The molecule has 0 amide bonds. The lowest BCUT2D eigenvalue weighted by atomic mass is 9.46. The van der Waals surface area contributed by atoms with Crippen LogP contribution in [0.2, 0.25) is 0 Å². The van der Waals surface area contributed by atoms with Crippen molar-refractivity contribution in [3.63, 3.8) is 0 Å². The molecule has 5 rings (SSSR count). The highest BCUT2D eigenvalue weighted by Gasteiger charge is 2.72. The van der Waals surface area contributed by atoms with Crippen molar-refractivity contribution in [2.75, 3.05) is 6.61 Å². The lowest BCUT2D eigenvalue weighted by molar-refractivity contribution is -0.165. The molecule has 0 saturated heterocycles. The van der Waals surface area contributed by atoms with E-state index >= 15 is 0 Å². The molecule has 4 aliphatic rings. The average molecular weight is 475 g/mol. The standard InChI is InChI=1S/C29H30O6/c1-17-13-22-21-10-9-19-14-20(31)11-12-27(19,2)25(21)23(32)15-28(22,3)29(17,24(33)16-30)35-26(34)18-7-5-4-6-8-18/h4-8,11-12,14,21-22,25,30H,1,9-10,13,15-16H2,2-3H3/t21-,22-,25+,27-,28-,29-/m0/s1. The van der Waals surface area contributed by atoms with Crippen LogP contribution in [0.1, 0.15) is 49.9 Å². The number of ketones is 3. The Morgan fingerprint density at radius 3 is 2.57 bits per heavy atom. The summed E-state index contributed by atoms with van der Waals surface area (Å²) in [5.74, 6) is -1.93. The number of benzene rings is 1. The largest absolute Gasteiger partial charge is 0.442 e. The monoisotopic (exact) mass is 474 g/mol. The van der Waals surface area contributed by atoms with Crippen molar-refractivity contribution in [1.29, 1.82) is 0 Å². The summed E-state index contributed by atoms with van der Waals surface area (Å²) in [5.41, 5.74) is -1.66. The molecule has 6 heteroatoms. The zero-order chi connectivity index (χ0) is 25.2. The molecule has 1 aromatic carbocycles. The number of fused-ring (bicyclic) bond motifs is 5. The Hall–Kier alpha value is -3.12. The number of allylic oxidation sites excluding steroid dienone is 4. The van der Waals surface area contributed by atoms with Crippen LogP contribution in [-0.4, -0.2) is 40.6 Å². The molecule has 3 fully saturated rings. The van der Waals surface area contributed by atoms with Crippen molar-refractivity contribution in [3.05, 3.63) is 71.8 Å². The van der Waals surface area contributed by atoms with Crippen molar-refractivity contribution in [1.82, 2.24) is 0 Å². The van der Waals surface area contributed by atoms with Gasteiger partial charge in [0.05, 0.1) is 5.56 Å². The number of aliphatic hydroxyl groups excluding tert-OH is 1. The average Bonchev–Trinajstić information content (AvgIpc) is 3.06. The van der Waals surface area contributed by atoms with Gasteiger partial charge in [-0.1, -0.05) is 50.3 Å². The van der Waals surface area contributed by atoms with E-state index in [-0.39, 0.29) is 41.3 Å². The Morgan fingerprint density at radius 1 is 1.17 bits per heavy atom. The highest BCUT2D eigenvalue weighted by Crippen LogP contribution is 2.68. The van der Waals surface area contributed by atoms with E-state index in [1.807, 2.05) is 19.9 Å². The second-order valence-electron chi connectivity index (χ2n) is 10.9. The fourth-order valence-corrected chi connectivity index (χ4v) is 7.62. The van der Waals surface area contributed by atoms with Crippen molar-refractivity contribution in [2.24, 2.45) is 28.6 Å². The Balaban J connectivity index is 1.58. The van der Waals surface area contributed by atoms with E-state index in [0.29, 0.717) is 24.8 Å². The Labute approximate surface area is 204 Å². The minimum absolute atomic E-state index is 0.0126. The van der Waals surface area contributed by atoms with Crippen LogP contribution in [-0.2, 0) is 19.1 Å². The summed E-state index contributed by atoms with van der Waals surface area (Å²) < 4.78 is 6.03. The third kappa shape index (κ3) is 3.12. The molecule has 0 heterocycles. The summed E-state index contributed by atoms with van der Waals surface area (Å²) in [6.07, 6.45) is 6.90. The number of hydrogen-bond acceptors (Lipinski definition) is 6. The number of ether oxygens (including phenoxy) is 1. The van der Waals surface area contributed by atoms with E-state index < -0.39 is 34.8 Å². The minimum atomic E-state index is -1.78. The molecule has 0 aliphatic heterocycles. The van der Waals surface area contributed by atoms with Crippen LogP contribution in [0, 0.1) is 28.6 Å². The van der Waals surface area contributed by atoms with Crippen LogP contribution in [0.15, 0.2) is 66.3 Å². The van der Waals surface area contributed by atoms with Crippen LogP contribution in [0.4, 0.5) is 0 Å². The SMILES string of the molecule is C=C1C[C@H]2[C@@H]3CCC4=CC(=O)C=C[C@]4(C)[C@H]3C(=O)C[C@]2(C)[C@@]1(OC(=O)c1ccccc1)C(=O)CO. The fraction of sp³-hybridized carbons (Fsp3) is 0.448. The molecule has 6 nitrogen and oxygen atoms in total. The normalized spacial score (nSPS) is 37.7. The number of carbonyl (C=O) groups is 4. The molecule has 0 radical (unpaired) electrons. The van der Waals surface area contributed by atoms with Crippen LogP contribution >= 0.6 is 0 Å². The second-order valence-corrected chi connectivity index (χ2v) is 10.9. The summed E-state index contributed by atoms with van der Waals surface area (Å²) in [5, 5.41) is 9.97. The van der Waals surface area contributed by atoms with Gasteiger partial charge in [-0.05, 0) is 61.0 Å². The van der Waals surface area contributed by atoms with Gasteiger partial charge in [-0.2, -0.15) is 0 Å². The maximum atomic E-state index is 13.9. The van der Waals surface area contributed by atoms with Gasteiger partial charge in [0.1, 0.15) is 12.4 Å². The van der Waals surface area contributed by atoms with Gasteiger partial charge in [-0.3, -0.25) is 14.4 Å². The smallest absolute Gasteiger partial charge is 0.339 e. The highest BCUT2D eigenvalue weighted by atomic mass is 16.6. The Kier molecular flexibility index (Phi) is 5.37. The third-order valence-electron chi connectivity index (χ3n) is 9.21. The van der Waals surface area contributed by atoms with Crippen LogP contribution < -0.4 is 0 Å². The minimum Gasteiger partial charge on any atom is -0.442 e. The molecule has 182 valence electrons. The Morgan fingerprint density at radius 2 is 1.89 bits per heavy atom. The Bertz CT molecular complexity index is 1210.